The SMILES string of the molecule is CCCN1C(=O)C(=O)N(CC(=O)Nc2cc(C(=O)OC)ccc2C)C1=O. The molecule has 1 aromatic carbocycles. The van der Waals surface area contributed by atoms with Crippen molar-refractivity contribution in [2.45, 2.75) is 20.3 Å². The van der Waals surface area contributed by atoms with Crippen LogP contribution in [0, 0.1) is 6.92 Å². The highest BCUT2D eigenvalue weighted by molar-refractivity contribution is 6.45. The van der Waals surface area contributed by atoms with Gasteiger partial charge in [0.25, 0.3) is 0 Å². The summed E-state index contributed by atoms with van der Waals surface area (Å²) in [6.07, 6.45) is 0.504. The normalized spacial score (nSPS) is 14.0. The number of benzene rings is 1. The number of amides is 5. The second kappa shape index (κ2) is 7.77. The molecule has 1 aromatic rings. The van der Waals surface area contributed by atoms with Gasteiger partial charge in [-0.2, -0.15) is 0 Å². The molecule has 5 amide bonds. The van der Waals surface area contributed by atoms with E-state index in [2.05, 4.69) is 10.1 Å². The molecule has 0 bridgehead atoms. The fourth-order valence-corrected chi connectivity index (χ4v) is 2.45. The zero-order valence-electron chi connectivity index (χ0n) is 14.7. The van der Waals surface area contributed by atoms with Crippen molar-refractivity contribution in [3.63, 3.8) is 0 Å². The van der Waals surface area contributed by atoms with Gasteiger partial charge in [0.2, 0.25) is 5.91 Å². The Kier molecular flexibility index (Phi) is 5.71. The van der Waals surface area contributed by atoms with E-state index in [1.54, 1.807) is 26.0 Å². The number of rotatable bonds is 6. The summed E-state index contributed by atoms with van der Waals surface area (Å²) in [5.74, 6) is -3.19. The van der Waals surface area contributed by atoms with E-state index in [0.717, 1.165) is 4.90 Å². The Bertz CT molecular complexity index is 789. The molecule has 138 valence electrons. The number of methoxy groups -OCH3 is 1. The number of imide groups is 2. The number of hydrogen-bond donors (Lipinski definition) is 1. The van der Waals surface area contributed by atoms with E-state index in [1.807, 2.05) is 0 Å². The third kappa shape index (κ3) is 3.71. The average Bonchev–Trinajstić information content (AvgIpc) is 2.81. The molecule has 2 rings (SSSR count). The van der Waals surface area contributed by atoms with Gasteiger partial charge in [-0.25, -0.2) is 14.5 Å². The molecule has 0 radical (unpaired) electrons. The van der Waals surface area contributed by atoms with Crippen molar-refractivity contribution in [3.05, 3.63) is 29.3 Å². The van der Waals surface area contributed by atoms with Crippen molar-refractivity contribution in [1.29, 1.82) is 0 Å². The number of carbonyl (C=O) groups excluding carboxylic acids is 5. The number of anilines is 1. The Morgan fingerprint density at radius 3 is 2.38 bits per heavy atom. The van der Waals surface area contributed by atoms with E-state index >= 15 is 0 Å². The molecule has 26 heavy (non-hydrogen) atoms. The van der Waals surface area contributed by atoms with Gasteiger partial charge >= 0.3 is 23.8 Å². The van der Waals surface area contributed by atoms with Crippen LogP contribution in [0.4, 0.5) is 10.5 Å². The molecule has 0 aliphatic carbocycles. The molecule has 1 fully saturated rings. The lowest BCUT2D eigenvalue weighted by Crippen LogP contribution is -2.39. The van der Waals surface area contributed by atoms with E-state index < -0.39 is 36.3 Å². The summed E-state index contributed by atoms with van der Waals surface area (Å²) in [5.41, 5.74) is 1.26. The van der Waals surface area contributed by atoms with Crippen LogP contribution in [0.1, 0.15) is 29.3 Å². The van der Waals surface area contributed by atoms with Gasteiger partial charge in [-0.15, -0.1) is 0 Å². The number of nitrogens with zero attached hydrogens (tertiary/aromatic N) is 2. The first-order valence-corrected chi connectivity index (χ1v) is 7.96. The Balaban J connectivity index is 2.12. The third-order valence-corrected chi connectivity index (χ3v) is 3.82. The Labute approximate surface area is 149 Å². The summed E-state index contributed by atoms with van der Waals surface area (Å²) >= 11 is 0. The number of ether oxygens (including phenoxy) is 1. The third-order valence-electron chi connectivity index (χ3n) is 3.82. The molecule has 0 aromatic heterocycles. The van der Waals surface area contributed by atoms with Crippen LogP contribution in [-0.4, -0.2) is 59.7 Å². The Hall–Kier alpha value is -3.23. The summed E-state index contributed by atoms with van der Waals surface area (Å²) in [6, 6.07) is 3.80. The minimum Gasteiger partial charge on any atom is -0.465 e. The standard InChI is InChI=1S/C17H19N3O6/c1-4-7-19-14(22)15(23)20(17(19)25)9-13(21)18-12-8-11(16(24)26-3)6-5-10(12)2/h5-6,8H,4,7,9H2,1-3H3,(H,18,21). The first kappa shape index (κ1) is 19.1. The first-order chi connectivity index (χ1) is 12.3. The molecule has 0 unspecified atom stereocenters. The molecule has 1 heterocycles. The summed E-state index contributed by atoms with van der Waals surface area (Å²) in [6.45, 7) is 3.00. The van der Waals surface area contributed by atoms with Crippen LogP contribution in [-0.2, 0) is 19.1 Å². The number of hydrogen-bond acceptors (Lipinski definition) is 6. The maximum Gasteiger partial charge on any atom is 0.337 e. The van der Waals surface area contributed by atoms with Crippen molar-refractivity contribution in [1.82, 2.24) is 9.80 Å². The average molecular weight is 361 g/mol. The predicted molar refractivity (Wildman–Crippen MR) is 90.3 cm³/mol. The van der Waals surface area contributed by atoms with Crippen molar-refractivity contribution in [2.75, 3.05) is 25.5 Å². The molecule has 1 N–H and O–H groups in total. The molecule has 9 heteroatoms. The lowest BCUT2D eigenvalue weighted by Gasteiger charge is -2.15. The fourth-order valence-electron chi connectivity index (χ4n) is 2.45. The molecular weight excluding hydrogens is 342 g/mol. The summed E-state index contributed by atoms with van der Waals surface area (Å²) in [5, 5.41) is 2.54. The van der Waals surface area contributed by atoms with Crippen LogP contribution in [0.2, 0.25) is 0 Å². The second-order valence-corrected chi connectivity index (χ2v) is 5.70. The monoisotopic (exact) mass is 361 g/mol. The minimum atomic E-state index is -1.03. The van der Waals surface area contributed by atoms with Crippen molar-refractivity contribution < 1.29 is 28.7 Å². The van der Waals surface area contributed by atoms with E-state index in [1.165, 1.54) is 13.2 Å². The molecule has 9 nitrogen and oxygen atoms in total. The zero-order valence-corrected chi connectivity index (χ0v) is 14.7. The maximum absolute atomic E-state index is 12.2. The largest absolute Gasteiger partial charge is 0.465 e. The van der Waals surface area contributed by atoms with Crippen LogP contribution < -0.4 is 5.32 Å². The molecule has 1 aliphatic rings. The molecule has 1 aliphatic heterocycles. The van der Waals surface area contributed by atoms with E-state index in [4.69, 9.17) is 0 Å². The zero-order chi connectivity index (χ0) is 19.4. The van der Waals surface area contributed by atoms with Gasteiger partial charge in [0.15, 0.2) is 0 Å². The molecule has 1 saturated heterocycles. The molecule has 0 atom stereocenters. The Morgan fingerprint density at radius 1 is 1.12 bits per heavy atom. The van der Waals surface area contributed by atoms with Gasteiger partial charge in [-0.05, 0) is 31.0 Å². The van der Waals surface area contributed by atoms with Crippen molar-refractivity contribution in [3.8, 4) is 0 Å². The minimum absolute atomic E-state index is 0.113. The van der Waals surface area contributed by atoms with E-state index in [9.17, 15) is 24.0 Å². The second-order valence-electron chi connectivity index (χ2n) is 5.70. The number of aryl methyl sites for hydroxylation is 1. The smallest absolute Gasteiger partial charge is 0.337 e. The summed E-state index contributed by atoms with van der Waals surface area (Å²) in [4.78, 5) is 61.1. The highest BCUT2D eigenvalue weighted by atomic mass is 16.5. The van der Waals surface area contributed by atoms with Crippen molar-refractivity contribution >= 4 is 35.4 Å². The molecule has 0 saturated carbocycles. The molecule has 0 spiro atoms. The van der Waals surface area contributed by atoms with Gasteiger partial charge in [-0.1, -0.05) is 13.0 Å². The lowest BCUT2D eigenvalue weighted by molar-refractivity contribution is -0.143. The van der Waals surface area contributed by atoms with Crippen LogP contribution in [0.3, 0.4) is 0 Å². The predicted octanol–water partition coefficient (Wildman–Crippen LogP) is 0.921. The number of urea groups is 1. The summed E-state index contributed by atoms with van der Waals surface area (Å²) < 4.78 is 4.63. The first-order valence-electron chi connectivity index (χ1n) is 7.96. The van der Waals surface area contributed by atoms with E-state index in [-0.39, 0.29) is 12.1 Å². The quantitative estimate of drug-likeness (QED) is 0.458. The van der Waals surface area contributed by atoms with Crippen molar-refractivity contribution in [2.24, 2.45) is 0 Å². The Morgan fingerprint density at radius 2 is 1.77 bits per heavy atom. The van der Waals surface area contributed by atoms with Gasteiger partial charge in [0, 0.05) is 12.2 Å². The van der Waals surface area contributed by atoms with Gasteiger partial charge in [-0.3, -0.25) is 19.3 Å². The fraction of sp³-hybridized carbons (Fsp3) is 0.353. The number of nitrogens with one attached hydrogen (secondary N) is 1. The van der Waals surface area contributed by atoms with Crippen LogP contribution in [0.15, 0.2) is 18.2 Å². The number of carbonyl (C=O) groups is 5. The van der Waals surface area contributed by atoms with Crippen LogP contribution in [0.5, 0.6) is 0 Å². The van der Waals surface area contributed by atoms with Gasteiger partial charge < -0.3 is 10.1 Å². The lowest BCUT2D eigenvalue weighted by atomic mass is 10.1. The number of esters is 1. The van der Waals surface area contributed by atoms with Gasteiger partial charge in [0.05, 0.1) is 12.7 Å². The topological polar surface area (TPSA) is 113 Å². The highest BCUT2D eigenvalue weighted by Gasteiger charge is 2.44. The van der Waals surface area contributed by atoms with Gasteiger partial charge in [0.1, 0.15) is 6.54 Å². The van der Waals surface area contributed by atoms with Crippen LogP contribution in [0.25, 0.3) is 0 Å². The van der Waals surface area contributed by atoms with E-state index in [0.29, 0.717) is 22.6 Å². The summed E-state index contributed by atoms with van der Waals surface area (Å²) in [7, 11) is 1.24. The molecular formula is C17H19N3O6. The highest BCUT2D eigenvalue weighted by Crippen LogP contribution is 2.18. The van der Waals surface area contributed by atoms with Crippen LogP contribution >= 0.6 is 0 Å². The maximum atomic E-state index is 12.2.